The number of benzene rings is 1. The van der Waals surface area contributed by atoms with Gasteiger partial charge in [-0.25, -0.2) is 0 Å². The number of thiophene rings is 1. The van der Waals surface area contributed by atoms with E-state index in [0.717, 1.165) is 13.0 Å². The third-order valence-corrected chi connectivity index (χ3v) is 3.59. The predicted octanol–water partition coefficient (Wildman–Crippen LogP) is 3.78. The van der Waals surface area contributed by atoms with E-state index in [1.807, 2.05) is 47.7 Å². The number of aliphatic hydroxyl groups is 1. The van der Waals surface area contributed by atoms with Crippen LogP contribution in [0.2, 0.25) is 0 Å². The number of aliphatic hydroxyl groups excluding tert-OH is 1. The molecule has 0 amide bonds. The van der Waals surface area contributed by atoms with E-state index in [9.17, 15) is 0 Å². The summed E-state index contributed by atoms with van der Waals surface area (Å²) in [6.45, 7) is 2.33. The Labute approximate surface area is 108 Å². The van der Waals surface area contributed by atoms with E-state index in [1.54, 1.807) is 10.4 Å². The molecule has 0 bridgehead atoms. The van der Waals surface area contributed by atoms with E-state index in [4.69, 9.17) is 5.11 Å². The lowest BCUT2D eigenvalue weighted by Crippen LogP contribution is -1.89. The minimum atomic E-state index is 0.910. The van der Waals surface area contributed by atoms with E-state index in [1.165, 1.54) is 12.8 Å². The maximum Gasteiger partial charge on any atom is 0.0319 e. The van der Waals surface area contributed by atoms with Crippen LogP contribution in [0, 0.1) is 5.92 Å². The van der Waals surface area contributed by atoms with Crippen LogP contribution in [-0.4, -0.2) is 12.2 Å². The molecule has 3 rings (SSSR count). The Morgan fingerprint density at radius 3 is 2.00 bits per heavy atom. The second-order valence-electron chi connectivity index (χ2n) is 4.04. The zero-order valence-electron chi connectivity index (χ0n) is 10.5. The van der Waals surface area contributed by atoms with Crippen LogP contribution in [0.25, 0.3) is 0 Å². The molecule has 0 saturated heterocycles. The summed E-state index contributed by atoms with van der Waals surface area (Å²) in [5.41, 5.74) is 1.60. The summed E-state index contributed by atoms with van der Waals surface area (Å²) >= 11 is 1.92. The molecule has 0 fully saturated rings. The van der Waals surface area contributed by atoms with E-state index in [-0.39, 0.29) is 0 Å². The first-order chi connectivity index (χ1) is 8.36. The molecule has 0 saturated carbocycles. The van der Waals surface area contributed by atoms with Gasteiger partial charge < -0.3 is 5.11 Å². The Bertz CT molecular complexity index is 347. The van der Waals surface area contributed by atoms with Crippen LogP contribution in [0.1, 0.15) is 17.4 Å². The molecule has 1 aromatic carbocycles. The lowest BCUT2D eigenvalue weighted by atomic mass is 10.1. The summed E-state index contributed by atoms with van der Waals surface area (Å²) in [4.78, 5) is 1.63. The monoisotopic (exact) mass is 248 g/mol. The molecule has 1 heterocycles. The Hall–Kier alpha value is -1.12. The predicted molar refractivity (Wildman–Crippen MR) is 75.5 cm³/mol. The van der Waals surface area contributed by atoms with Gasteiger partial charge in [-0.1, -0.05) is 43.3 Å². The van der Waals surface area contributed by atoms with Crippen LogP contribution in [0.5, 0.6) is 0 Å². The summed E-state index contributed by atoms with van der Waals surface area (Å²) < 4.78 is 0. The summed E-state index contributed by atoms with van der Waals surface area (Å²) in [5.74, 6) is 0.910. The molecule has 2 aromatic rings. The first kappa shape index (κ1) is 13.9. The van der Waals surface area contributed by atoms with E-state index < -0.39 is 0 Å². The highest BCUT2D eigenvalue weighted by molar-refractivity contribution is 7.10. The third kappa shape index (κ3) is 4.72. The maximum absolute atomic E-state index is 7.00. The average Bonchev–Trinajstić information content (AvgIpc) is 2.95. The summed E-state index contributed by atoms with van der Waals surface area (Å²) in [7, 11) is 1.00. The summed E-state index contributed by atoms with van der Waals surface area (Å²) in [6.07, 6.45) is 2.64. The normalized spacial score (nSPS) is 16.1. The molecule has 1 atom stereocenters. The first-order valence-corrected chi connectivity index (χ1v) is 6.74. The highest BCUT2D eigenvalue weighted by Crippen LogP contribution is 2.30. The lowest BCUT2D eigenvalue weighted by molar-refractivity contribution is 0.399. The molecule has 1 aliphatic rings. The highest BCUT2D eigenvalue weighted by Gasteiger charge is 2.17. The van der Waals surface area contributed by atoms with Crippen molar-refractivity contribution in [2.24, 2.45) is 5.92 Å². The van der Waals surface area contributed by atoms with Crippen molar-refractivity contribution in [3.05, 3.63) is 58.3 Å². The van der Waals surface area contributed by atoms with Gasteiger partial charge >= 0.3 is 0 Å². The Morgan fingerprint density at radius 2 is 1.53 bits per heavy atom. The smallest absolute Gasteiger partial charge is 0.0319 e. The molecule has 1 N–H and O–H groups in total. The highest BCUT2D eigenvalue weighted by atomic mass is 32.1. The molecule has 0 spiro atoms. The number of hydrogen-bond donors (Lipinski definition) is 1. The van der Waals surface area contributed by atoms with Gasteiger partial charge in [0.15, 0.2) is 0 Å². The van der Waals surface area contributed by atoms with Gasteiger partial charge in [-0.3, -0.25) is 0 Å². The van der Waals surface area contributed by atoms with Gasteiger partial charge in [0.1, 0.15) is 0 Å². The van der Waals surface area contributed by atoms with Crippen molar-refractivity contribution in [3.8, 4) is 0 Å². The van der Waals surface area contributed by atoms with Crippen molar-refractivity contribution in [1.82, 2.24) is 0 Å². The number of fused-ring (bicyclic) bond motifs is 1. The third-order valence-electron chi connectivity index (χ3n) is 2.61. The SMILES string of the molecule is CC1Cc2ccsc2C1.CO.c1ccccc1. The molecule has 2 heteroatoms. The minimum absolute atomic E-state index is 0.910. The molecule has 1 aromatic heterocycles. The Morgan fingerprint density at radius 1 is 1.00 bits per heavy atom. The molecule has 1 nitrogen and oxygen atoms in total. The van der Waals surface area contributed by atoms with Gasteiger partial charge in [0.05, 0.1) is 0 Å². The molecule has 0 aliphatic heterocycles. The number of hydrogen-bond acceptors (Lipinski definition) is 2. The molecule has 1 unspecified atom stereocenters. The van der Waals surface area contributed by atoms with Crippen molar-refractivity contribution in [1.29, 1.82) is 0 Å². The van der Waals surface area contributed by atoms with Gasteiger partial charge in [0.25, 0.3) is 0 Å². The van der Waals surface area contributed by atoms with Crippen LogP contribution >= 0.6 is 11.3 Å². The van der Waals surface area contributed by atoms with Crippen LogP contribution in [0.3, 0.4) is 0 Å². The second-order valence-corrected chi connectivity index (χ2v) is 5.04. The molecular weight excluding hydrogens is 228 g/mol. The fraction of sp³-hybridized carbons (Fsp3) is 0.333. The van der Waals surface area contributed by atoms with Crippen LogP contribution in [0.15, 0.2) is 47.8 Å². The van der Waals surface area contributed by atoms with Gasteiger partial charge in [0, 0.05) is 12.0 Å². The molecule has 1 aliphatic carbocycles. The van der Waals surface area contributed by atoms with Crippen LogP contribution < -0.4 is 0 Å². The quantitative estimate of drug-likeness (QED) is 0.752. The van der Waals surface area contributed by atoms with Crippen molar-refractivity contribution in [2.75, 3.05) is 7.11 Å². The molecular formula is C15H20OS. The Kier molecular flexibility index (Phi) is 6.60. The summed E-state index contributed by atoms with van der Waals surface area (Å²) in [6, 6.07) is 14.3. The fourth-order valence-corrected chi connectivity index (χ4v) is 2.96. The minimum Gasteiger partial charge on any atom is -0.400 e. The van der Waals surface area contributed by atoms with Crippen LogP contribution in [0.4, 0.5) is 0 Å². The zero-order valence-corrected chi connectivity index (χ0v) is 11.3. The second kappa shape index (κ2) is 8.04. The first-order valence-electron chi connectivity index (χ1n) is 5.86. The molecule has 92 valence electrons. The fourth-order valence-electron chi connectivity index (χ4n) is 1.88. The van der Waals surface area contributed by atoms with Gasteiger partial charge in [0.2, 0.25) is 0 Å². The molecule has 17 heavy (non-hydrogen) atoms. The largest absolute Gasteiger partial charge is 0.400 e. The summed E-state index contributed by atoms with van der Waals surface area (Å²) in [5, 5.41) is 9.20. The van der Waals surface area contributed by atoms with Crippen molar-refractivity contribution in [3.63, 3.8) is 0 Å². The van der Waals surface area contributed by atoms with Gasteiger partial charge in [-0.2, -0.15) is 0 Å². The van der Waals surface area contributed by atoms with Crippen molar-refractivity contribution < 1.29 is 5.11 Å². The van der Waals surface area contributed by atoms with Crippen molar-refractivity contribution >= 4 is 11.3 Å². The maximum atomic E-state index is 7.00. The van der Waals surface area contributed by atoms with E-state index in [0.29, 0.717) is 0 Å². The Balaban J connectivity index is 0.000000158. The van der Waals surface area contributed by atoms with Gasteiger partial charge in [-0.15, -0.1) is 11.3 Å². The average molecular weight is 248 g/mol. The van der Waals surface area contributed by atoms with Crippen LogP contribution in [-0.2, 0) is 12.8 Å². The van der Waals surface area contributed by atoms with E-state index in [2.05, 4.69) is 18.4 Å². The van der Waals surface area contributed by atoms with Gasteiger partial charge in [-0.05, 0) is 35.8 Å². The topological polar surface area (TPSA) is 20.2 Å². The van der Waals surface area contributed by atoms with Crippen molar-refractivity contribution in [2.45, 2.75) is 19.8 Å². The lowest BCUT2D eigenvalue weighted by Gasteiger charge is -1.94. The number of rotatable bonds is 0. The van der Waals surface area contributed by atoms with E-state index >= 15 is 0 Å². The standard InChI is InChI=1S/C8H10S.C6H6.CH4O/c1-6-4-7-2-3-9-8(7)5-6;1-2-4-6-5-3-1;1-2/h2-3,6H,4-5H2,1H3;1-6H;2H,1H3. The molecule has 0 radical (unpaired) electrons. The zero-order chi connectivity index (χ0) is 12.5.